The number of benzene rings is 1. The maximum absolute atomic E-state index is 13.5. The lowest BCUT2D eigenvalue weighted by atomic mass is 10.2. The summed E-state index contributed by atoms with van der Waals surface area (Å²) in [5, 5.41) is 2.74. The molecule has 0 bridgehead atoms. The van der Waals surface area contributed by atoms with E-state index in [1.165, 1.54) is 12.1 Å². The van der Waals surface area contributed by atoms with Gasteiger partial charge in [0.2, 0.25) is 0 Å². The van der Waals surface area contributed by atoms with E-state index in [1.807, 2.05) is 6.92 Å². The van der Waals surface area contributed by atoms with Crippen LogP contribution in [0.5, 0.6) is 5.75 Å². The topological polar surface area (TPSA) is 47.6 Å². The standard InChI is InChI=1S/C17H21F2NO.C3H6O2/c1-12(2)9-14(18)6-5-13(3)11-21-15-7-8-17(20-4)16(19)10-15;1-2-5-3-4/h5-8,10,20H,1,9,11H2,2-4H3;3H,2H2,1H3/b13-5+,14-6+;. The normalized spacial score (nSPS) is 11.2. The number of hydrogen-bond donors (Lipinski definition) is 1. The highest BCUT2D eigenvalue weighted by Gasteiger charge is 2.02. The largest absolute Gasteiger partial charge is 0.489 e. The summed E-state index contributed by atoms with van der Waals surface area (Å²) < 4.78 is 36.5. The molecule has 0 unspecified atom stereocenters. The van der Waals surface area contributed by atoms with Crippen LogP contribution in [0.2, 0.25) is 0 Å². The number of anilines is 1. The Morgan fingerprint density at radius 2 is 2.00 bits per heavy atom. The first-order valence-electron chi connectivity index (χ1n) is 8.15. The maximum Gasteiger partial charge on any atom is 0.293 e. The van der Waals surface area contributed by atoms with Crippen LogP contribution in [0.1, 0.15) is 27.2 Å². The van der Waals surface area contributed by atoms with Crippen molar-refractivity contribution in [2.45, 2.75) is 27.2 Å². The van der Waals surface area contributed by atoms with Crippen LogP contribution in [0.25, 0.3) is 0 Å². The molecule has 1 aromatic rings. The fourth-order valence-corrected chi connectivity index (χ4v) is 1.68. The summed E-state index contributed by atoms with van der Waals surface area (Å²) >= 11 is 0. The minimum absolute atomic E-state index is 0.237. The second-order valence-electron chi connectivity index (χ2n) is 5.49. The van der Waals surface area contributed by atoms with Gasteiger partial charge >= 0.3 is 0 Å². The van der Waals surface area contributed by atoms with Crippen molar-refractivity contribution in [1.82, 2.24) is 0 Å². The molecule has 0 aromatic heterocycles. The van der Waals surface area contributed by atoms with Crippen molar-refractivity contribution in [3.05, 3.63) is 59.7 Å². The lowest BCUT2D eigenvalue weighted by Crippen LogP contribution is -2.00. The van der Waals surface area contributed by atoms with Gasteiger partial charge in [-0.05, 0) is 44.6 Å². The second-order valence-corrected chi connectivity index (χ2v) is 5.49. The Morgan fingerprint density at radius 1 is 1.31 bits per heavy atom. The molecule has 0 aliphatic carbocycles. The van der Waals surface area contributed by atoms with Gasteiger partial charge in [-0.1, -0.05) is 18.2 Å². The number of carbonyl (C=O) groups excluding carboxylic acids is 1. The number of nitrogens with one attached hydrogen (secondary N) is 1. The fraction of sp³-hybridized carbons (Fsp3) is 0.350. The number of hydrogen-bond acceptors (Lipinski definition) is 4. The molecule has 1 rings (SSSR count). The van der Waals surface area contributed by atoms with Crippen LogP contribution in [0.15, 0.2) is 53.9 Å². The summed E-state index contributed by atoms with van der Waals surface area (Å²) in [5.41, 5.74) is 2.02. The fourth-order valence-electron chi connectivity index (χ4n) is 1.68. The van der Waals surface area contributed by atoms with Crippen molar-refractivity contribution < 1.29 is 23.0 Å². The van der Waals surface area contributed by atoms with Gasteiger partial charge < -0.3 is 14.8 Å². The van der Waals surface area contributed by atoms with Gasteiger partial charge in [-0.25, -0.2) is 8.78 Å². The molecule has 0 aliphatic heterocycles. The Hall–Kier alpha value is -2.63. The van der Waals surface area contributed by atoms with Crippen LogP contribution >= 0.6 is 0 Å². The van der Waals surface area contributed by atoms with Gasteiger partial charge in [-0.2, -0.15) is 0 Å². The van der Waals surface area contributed by atoms with Crippen LogP contribution in [0.4, 0.5) is 14.5 Å². The minimum Gasteiger partial charge on any atom is -0.489 e. The maximum atomic E-state index is 13.5. The molecule has 6 heteroatoms. The van der Waals surface area contributed by atoms with Gasteiger partial charge in [0.05, 0.1) is 12.3 Å². The molecular formula is C20H27F2NO3. The van der Waals surface area contributed by atoms with E-state index in [4.69, 9.17) is 4.74 Å². The van der Waals surface area contributed by atoms with Gasteiger partial charge in [0.15, 0.2) is 0 Å². The zero-order chi connectivity index (χ0) is 19.9. The Morgan fingerprint density at radius 3 is 2.46 bits per heavy atom. The first-order chi connectivity index (χ1) is 12.3. The minimum atomic E-state index is -0.371. The molecule has 0 spiro atoms. The number of ether oxygens (including phenoxy) is 2. The van der Waals surface area contributed by atoms with Crippen molar-refractivity contribution in [2.24, 2.45) is 0 Å². The molecule has 0 saturated carbocycles. The number of allylic oxidation sites excluding steroid dienone is 4. The number of rotatable bonds is 9. The van der Waals surface area contributed by atoms with Crippen molar-refractivity contribution in [3.63, 3.8) is 0 Å². The molecule has 0 saturated heterocycles. The summed E-state index contributed by atoms with van der Waals surface area (Å²) in [6.45, 7) is 10.2. The highest BCUT2D eigenvalue weighted by molar-refractivity contribution is 5.47. The first-order valence-corrected chi connectivity index (χ1v) is 8.15. The molecule has 4 nitrogen and oxygen atoms in total. The van der Waals surface area contributed by atoms with Crippen molar-refractivity contribution in [1.29, 1.82) is 0 Å². The van der Waals surface area contributed by atoms with E-state index in [2.05, 4.69) is 16.6 Å². The number of halogens is 2. The first kappa shape index (κ1) is 23.4. The molecule has 1 aromatic carbocycles. The highest BCUT2D eigenvalue weighted by atomic mass is 19.1. The lowest BCUT2D eigenvalue weighted by Gasteiger charge is -2.08. The summed E-state index contributed by atoms with van der Waals surface area (Å²) in [7, 11) is 1.65. The van der Waals surface area contributed by atoms with Crippen molar-refractivity contribution in [2.75, 3.05) is 25.6 Å². The smallest absolute Gasteiger partial charge is 0.293 e. The van der Waals surface area contributed by atoms with Gasteiger partial charge in [0.25, 0.3) is 6.47 Å². The van der Waals surface area contributed by atoms with E-state index in [1.54, 1.807) is 39.1 Å². The Kier molecular flexibility index (Phi) is 12.3. The van der Waals surface area contributed by atoms with Crippen LogP contribution < -0.4 is 10.1 Å². The second kappa shape index (κ2) is 13.6. The zero-order valence-corrected chi connectivity index (χ0v) is 15.8. The van der Waals surface area contributed by atoms with E-state index >= 15 is 0 Å². The van der Waals surface area contributed by atoms with E-state index in [0.29, 0.717) is 24.5 Å². The third-order valence-corrected chi connectivity index (χ3v) is 2.93. The molecule has 26 heavy (non-hydrogen) atoms. The molecular weight excluding hydrogens is 340 g/mol. The molecule has 0 radical (unpaired) electrons. The van der Waals surface area contributed by atoms with Gasteiger partial charge in [0, 0.05) is 19.5 Å². The Labute approximate surface area is 154 Å². The molecule has 0 atom stereocenters. The predicted octanol–water partition coefficient (Wildman–Crippen LogP) is 5.19. The predicted molar refractivity (Wildman–Crippen MR) is 102 cm³/mol. The summed E-state index contributed by atoms with van der Waals surface area (Å²) in [4.78, 5) is 9.18. The van der Waals surface area contributed by atoms with Crippen molar-refractivity contribution in [3.8, 4) is 5.75 Å². The molecule has 0 amide bonds. The van der Waals surface area contributed by atoms with Crippen LogP contribution in [0, 0.1) is 5.82 Å². The number of carbonyl (C=O) groups is 1. The summed E-state index contributed by atoms with van der Waals surface area (Å²) in [5.74, 6) is -0.180. The third kappa shape index (κ3) is 11.0. The summed E-state index contributed by atoms with van der Waals surface area (Å²) in [6.07, 6.45) is 3.29. The average Bonchev–Trinajstić information content (AvgIpc) is 2.59. The Balaban J connectivity index is 0.00000110. The summed E-state index contributed by atoms with van der Waals surface area (Å²) in [6, 6.07) is 4.60. The molecule has 1 N–H and O–H groups in total. The van der Waals surface area contributed by atoms with Crippen LogP contribution in [-0.4, -0.2) is 26.7 Å². The quantitative estimate of drug-likeness (QED) is 0.371. The van der Waals surface area contributed by atoms with Gasteiger partial charge in [-0.15, -0.1) is 0 Å². The zero-order valence-electron chi connectivity index (χ0n) is 15.8. The highest BCUT2D eigenvalue weighted by Crippen LogP contribution is 2.20. The third-order valence-electron chi connectivity index (χ3n) is 2.93. The Bertz CT molecular complexity index is 640. The SMILES string of the molecule is C=C(C)C/C(F)=C\C=C(/C)COc1ccc(NC)c(F)c1.CCOC=O. The molecule has 144 valence electrons. The lowest BCUT2D eigenvalue weighted by molar-refractivity contribution is -0.128. The molecule has 0 aliphatic rings. The van der Waals surface area contributed by atoms with Crippen LogP contribution in [0.3, 0.4) is 0 Å². The van der Waals surface area contributed by atoms with Crippen LogP contribution in [-0.2, 0) is 9.53 Å². The molecule has 0 fully saturated rings. The monoisotopic (exact) mass is 367 g/mol. The van der Waals surface area contributed by atoms with Gasteiger partial charge in [-0.3, -0.25) is 4.79 Å². The van der Waals surface area contributed by atoms with E-state index in [9.17, 15) is 13.6 Å². The van der Waals surface area contributed by atoms with Gasteiger partial charge in [0.1, 0.15) is 24.0 Å². The average molecular weight is 367 g/mol. The van der Waals surface area contributed by atoms with E-state index in [0.717, 1.165) is 11.1 Å². The molecule has 0 heterocycles. The van der Waals surface area contributed by atoms with E-state index in [-0.39, 0.29) is 24.7 Å². The van der Waals surface area contributed by atoms with Crippen molar-refractivity contribution >= 4 is 12.2 Å². The van der Waals surface area contributed by atoms with E-state index < -0.39 is 0 Å².